The van der Waals surface area contributed by atoms with Gasteiger partial charge in [0.2, 0.25) is 0 Å². The summed E-state index contributed by atoms with van der Waals surface area (Å²) in [5, 5.41) is 4.25. The van der Waals surface area contributed by atoms with Gasteiger partial charge in [0.05, 0.1) is 32.0 Å². The highest BCUT2D eigenvalue weighted by atomic mass is 19.1. The molecule has 2 aliphatic heterocycles. The van der Waals surface area contributed by atoms with Crippen molar-refractivity contribution in [3.63, 3.8) is 0 Å². The monoisotopic (exact) mass is 387 g/mol. The van der Waals surface area contributed by atoms with E-state index in [2.05, 4.69) is 5.10 Å². The predicted octanol–water partition coefficient (Wildman–Crippen LogP) is 2.71. The van der Waals surface area contributed by atoms with E-state index in [0.717, 1.165) is 24.1 Å². The molecule has 0 aliphatic carbocycles. The van der Waals surface area contributed by atoms with Crippen LogP contribution in [0.25, 0.3) is 0 Å². The third-order valence-corrected chi connectivity index (χ3v) is 5.58. The van der Waals surface area contributed by atoms with Crippen LogP contribution in [0, 0.1) is 18.7 Å². The summed E-state index contributed by atoms with van der Waals surface area (Å²) in [5.41, 5.74) is 2.11. The van der Waals surface area contributed by atoms with Gasteiger partial charge < -0.3 is 14.4 Å². The Bertz CT molecular complexity index is 860. The summed E-state index contributed by atoms with van der Waals surface area (Å²) < 4.78 is 26.5. The van der Waals surface area contributed by atoms with Gasteiger partial charge in [0, 0.05) is 13.7 Å². The molecular weight excluding hydrogens is 361 g/mol. The van der Waals surface area contributed by atoms with Gasteiger partial charge in [0.25, 0.3) is 5.91 Å². The number of ether oxygens (including phenoxy) is 2. The summed E-state index contributed by atoms with van der Waals surface area (Å²) in [6.07, 6.45) is 1.86. The van der Waals surface area contributed by atoms with Crippen LogP contribution < -0.4 is 0 Å². The molecule has 1 aromatic carbocycles. The number of nitrogens with zero attached hydrogens (tertiary/aromatic N) is 3. The Hall–Kier alpha value is -2.25. The van der Waals surface area contributed by atoms with Crippen LogP contribution in [0.3, 0.4) is 0 Å². The molecule has 1 amide bonds. The zero-order valence-electron chi connectivity index (χ0n) is 16.4. The molecule has 0 saturated carbocycles. The lowest BCUT2D eigenvalue weighted by molar-refractivity contribution is -0.0953. The maximum absolute atomic E-state index is 13.2. The van der Waals surface area contributed by atoms with Crippen LogP contribution in [-0.4, -0.2) is 52.5 Å². The smallest absolute Gasteiger partial charge is 0.272 e. The van der Waals surface area contributed by atoms with Gasteiger partial charge in [-0.15, -0.1) is 0 Å². The number of rotatable bonds is 6. The fraction of sp³-hybridized carbons (Fsp3) is 0.524. The van der Waals surface area contributed by atoms with Crippen molar-refractivity contribution in [3.05, 3.63) is 53.1 Å². The maximum atomic E-state index is 13.2. The minimum atomic E-state index is -0.238. The largest absolute Gasteiger partial charge is 0.377 e. The Morgan fingerprint density at radius 1 is 1.39 bits per heavy atom. The molecule has 7 heteroatoms. The second-order valence-corrected chi connectivity index (χ2v) is 7.99. The van der Waals surface area contributed by atoms with Crippen LogP contribution >= 0.6 is 0 Å². The molecule has 2 fully saturated rings. The lowest BCUT2D eigenvalue weighted by atomic mass is 9.86. The zero-order valence-corrected chi connectivity index (χ0v) is 16.4. The van der Waals surface area contributed by atoms with E-state index < -0.39 is 0 Å². The minimum Gasteiger partial charge on any atom is -0.377 e. The molecule has 150 valence electrons. The molecule has 6 nitrogen and oxygen atoms in total. The molecule has 1 spiro atoms. The average molecular weight is 387 g/mol. The third kappa shape index (κ3) is 3.95. The van der Waals surface area contributed by atoms with Gasteiger partial charge in [0.15, 0.2) is 0 Å². The molecule has 1 atom stereocenters. The summed E-state index contributed by atoms with van der Waals surface area (Å²) in [7, 11) is 1.79. The highest BCUT2D eigenvalue weighted by Gasteiger charge is 2.51. The Morgan fingerprint density at radius 3 is 2.93 bits per heavy atom. The molecule has 2 aromatic rings. The lowest BCUT2D eigenvalue weighted by Gasteiger charge is -2.47. The van der Waals surface area contributed by atoms with E-state index in [9.17, 15) is 9.18 Å². The van der Waals surface area contributed by atoms with E-state index in [1.165, 1.54) is 12.1 Å². The minimum absolute atomic E-state index is 0.0131. The van der Waals surface area contributed by atoms with Crippen molar-refractivity contribution in [1.82, 2.24) is 14.7 Å². The number of hydrogen-bond acceptors (Lipinski definition) is 4. The number of aromatic nitrogens is 2. The van der Waals surface area contributed by atoms with Crippen molar-refractivity contribution >= 4 is 5.91 Å². The van der Waals surface area contributed by atoms with Gasteiger partial charge in [-0.25, -0.2) is 4.39 Å². The number of amides is 1. The van der Waals surface area contributed by atoms with Crippen LogP contribution in [0.1, 0.15) is 34.6 Å². The van der Waals surface area contributed by atoms with Crippen molar-refractivity contribution < 1.29 is 18.7 Å². The van der Waals surface area contributed by atoms with Gasteiger partial charge >= 0.3 is 0 Å². The molecule has 1 aromatic heterocycles. The van der Waals surface area contributed by atoms with Crippen molar-refractivity contribution in [2.75, 3.05) is 26.3 Å². The molecule has 4 rings (SSSR count). The molecule has 3 heterocycles. The summed E-state index contributed by atoms with van der Waals surface area (Å²) in [4.78, 5) is 14.4. The van der Waals surface area contributed by atoms with Crippen molar-refractivity contribution in [2.45, 2.75) is 32.0 Å². The van der Waals surface area contributed by atoms with Crippen LogP contribution in [0.2, 0.25) is 0 Å². The zero-order chi connectivity index (χ0) is 19.7. The highest BCUT2D eigenvalue weighted by Crippen LogP contribution is 2.39. The summed E-state index contributed by atoms with van der Waals surface area (Å²) in [6.45, 7) is 4.90. The number of benzene rings is 1. The third-order valence-electron chi connectivity index (χ3n) is 5.58. The van der Waals surface area contributed by atoms with Gasteiger partial charge in [-0.1, -0.05) is 12.1 Å². The van der Waals surface area contributed by atoms with Crippen molar-refractivity contribution in [3.8, 4) is 0 Å². The molecule has 0 bridgehead atoms. The second-order valence-electron chi connectivity index (χ2n) is 7.99. The molecule has 0 radical (unpaired) electrons. The van der Waals surface area contributed by atoms with Gasteiger partial charge in [0.1, 0.15) is 17.1 Å². The lowest BCUT2D eigenvalue weighted by Crippen LogP contribution is -2.63. The fourth-order valence-corrected chi connectivity index (χ4v) is 4.18. The van der Waals surface area contributed by atoms with Crippen LogP contribution in [-0.2, 0) is 23.1 Å². The van der Waals surface area contributed by atoms with Gasteiger partial charge in [-0.05, 0) is 49.4 Å². The first kappa shape index (κ1) is 19.1. The van der Waals surface area contributed by atoms with E-state index >= 15 is 0 Å². The quantitative estimate of drug-likeness (QED) is 0.715. The first-order valence-corrected chi connectivity index (χ1v) is 9.70. The molecule has 2 aliphatic rings. The van der Waals surface area contributed by atoms with E-state index in [4.69, 9.17) is 9.47 Å². The van der Waals surface area contributed by atoms with Crippen LogP contribution in [0.4, 0.5) is 4.39 Å². The number of carbonyl (C=O) groups excluding carboxylic acids is 1. The molecule has 2 saturated heterocycles. The SMILES string of the molecule is Cc1cc(C(=O)N2CC3(CC(CCOCc4cccc(F)c4)CO3)C2)n(C)n1. The first-order chi connectivity index (χ1) is 13.4. The van der Waals surface area contributed by atoms with Gasteiger partial charge in [-0.3, -0.25) is 9.48 Å². The molecule has 1 unspecified atom stereocenters. The molecular formula is C21H26FN3O3. The van der Waals surface area contributed by atoms with Crippen molar-refractivity contribution in [2.24, 2.45) is 13.0 Å². The van der Waals surface area contributed by atoms with Crippen molar-refractivity contribution in [1.29, 1.82) is 0 Å². The highest BCUT2D eigenvalue weighted by molar-refractivity contribution is 5.93. The predicted molar refractivity (Wildman–Crippen MR) is 101 cm³/mol. The summed E-state index contributed by atoms with van der Waals surface area (Å²) in [5.74, 6) is 0.209. The van der Waals surface area contributed by atoms with E-state index in [1.807, 2.05) is 24.0 Å². The standard InChI is InChI=1S/C21H26FN3O3/c1-15-8-19(24(2)23-15)20(26)25-13-21(14-25)10-17(12-28-21)6-7-27-11-16-4-3-5-18(22)9-16/h3-5,8-9,17H,6-7,10-14H2,1-2H3. The topological polar surface area (TPSA) is 56.6 Å². The van der Waals surface area contributed by atoms with E-state index in [0.29, 0.717) is 44.5 Å². The Balaban J connectivity index is 1.20. The van der Waals surface area contributed by atoms with Crippen LogP contribution in [0.5, 0.6) is 0 Å². The van der Waals surface area contributed by atoms with E-state index in [-0.39, 0.29) is 17.3 Å². The summed E-state index contributed by atoms with van der Waals surface area (Å²) >= 11 is 0. The number of aryl methyl sites for hydroxylation is 2. The van der Waals surface area contributed by atoms with Gasteiger partial charge in [-0.2, -0.15) is 5.10 Å². The maximum Gasteiger partial charge on any atom is 0.272 e. The Labute approximate surface area is 164 Å². The average Bonchev–Trinajstić information content (AvgIpc) is 3.20. The number of likely N-dealkylation sites (tertiary alicyclic amines) is 1. The first-order valence-electron chi connectivity index (χ1n) is 9.70. The number of hydrogen-bond donors (Lipinski definition) is 0. The number of carbonyl (C=O) groups is 1. The normalized spacial score (nSPS) is 20.5. The van der Waals surface area contributed by atoms with E-state index in [1.54, 1.807) is 17.8 Å². The second kappa shape index (κ2) is 7.64. The molecule has 0 N–H and O–H groups in total. The van der Waals surface area contributed by atoms with Crippen LogP contribution in [0.15, 0.2) is 30.3 Å². The Kier molecular flexibility index (Phi) is 5.21. The fourth-order valence-electron chi connectivity index (χ4n) is 4.18. The molecule has 28 heavy (non-hydrogen) atoms. The summed E-state index contributed by atoms with van der Waals surface area (Å²) in [6, 6.07) is 8.30. The Morgan fingerprint density at radius 2 is 2.21 bits per heavy atom. The number of halogens is 1.